The molecule has 110 valence electrons. The van der Waals surface area contributed by atoms with Crippen LogP contribution in [0, 0.1) is 0 Å². The van der Waals surface area contributed by atoms with Gasteiger partial charge in [0, 0.05) is 15.4 Å². The van der Waals surface area contributed by atoms with Crippen molar-refractivity contribution < 1.29 is 14.3 Å². The van der Waals surface area contributed by atoms with Crippen molar-refractivity contribution in [3.05, 3.63) is 44.3 Å². The van der Waals surface area contributed by atoms with Crippen LogP contribution in [0.3, 0.4) is 0 Å². The number of thiazole rings is 1. The van der Waals surface area contributed by atoms with Crippen LogP contribution < -0.4 is 5.32 Å². The lowest BCUT2D eigenvalue weighted by molar-refractivity contribution is -0.139. The molecule has 0 radical (unpaired) electrons. The van der Waals surface area contributed by atoms with E-state index in [1.54, 1.807) is 23.6 Å². The normalized spacial score (nSPS) is 10.2. The Kier molecular flexibility index (Phi) is 5.33. The van der Waals surface area contributed by atoms with Gasteiger partial charge in [0.25, 0.3) is 5.91 Å². The van der Waals surface area contributed by atoms with Gasteiger partial charge in [0.15, 0.2) is 5.13 Å². The highest BCUT2D eigenvalue weighted by Crippen LogP contribution is 2.24. The van der Waals surface area contributed by atoms with Crippen LogP contribution in [0.1, 0.15) is 16.1 Å². The molecular weight excluding hydrogens is 380 g/mol. The molecule has 1 heterocycles. The van der Waals surface area contributed by atoms with E-state index in [9.17, 15) is 9.59 Å². The van der Waals surface area contributed by atoms with Crippen molar-refractivity contribution in [2.24, 2.45) is 0 Å². The molecule has 2 aromatic rings. The van der Waals surface area contributed by atoms with E-state index in [2.05, 4.69) is 31.0 Å². The number of ether oxygens (including phenoxy) is 1. The summed E-state index contributed by atoms with van der Waals surface area (Å²) in [5.74, 6) is -0.675. The van der Waals surface area contributed by atoms with Gasteiger partial charge in [-0.05, 0) is 34.1 Å². The van der Waals surface area contributed by atoms with Crippen LogP contribution in [0.5, 0.6) is 0 Å². The topological polar surface area (TPSA) is 68.3 Å². The van der Waals surface area contributed by atoms with E-state index < -0.39 is 0 Å². The lowest BCUT2D eigenvalue weighted by Gasteiger charge is -2.03. The van der Waals surface area contributed by atoms with Crippen LogP contribution in [0.25, 0.3) is 0 Å². The molecule has 2 rings (SSSR count). The number of amides is 1. The van der Waals surface area contributed by atoms with Crippen molar-refractivity contribution in [3.8, 4) is 0 Å². The number of aromatic nitrogens is 1. The number of carbonyl (C=O) groups is 2. The highest BCUT2D eigenvalue weighted by Gasteiger charge is 2.12. The number of nitrogens with zero attached hydrogens (tertiary/aromatic N) is 1. The van der Waals surface area contributed by atoms with E-state index >= 15 is 0 Å². The fourth-order valence-corrected chi connectivity index (χ4v) is 2.67. The highest BCUT2D eigenvalue weighted by molar-refractivity contribution is 9.10. The largest absolute Gasteiger partial charge is 0.469 e. The van der Waals surface area contributed by atoms with E-state index in [0.29, 0.717) is 25.9 Å². The van der Waals surface area contributed by atoms with Gasteiger partial charge in [0.2, 0.25) is 0 Å². The SMILES string of the molecule is COC(=O)Cc1csc(NC(=O)c2ccc(Cl)c(Br)c2)n1. The van der Waals surface area contributed by atoms with Gasteiger partial charge in [-0.15, -0.1) is 11.3 Å². The Morgan fingerprint density at radius 2 is 2.24 bits per heavy atom. The predicted octanol–water partition coefficient (Wildman–Crippen LogP) is 3.53. The van der Waals surface area contributed by atoms with Crippen molar-refractivity contribution in [2.45, 2.75) is 6.42 Å². The number of esters is 1. The smallest absolute Gasteiger partial charge is 0.311 e. The number of nitrogens with one attached hydrogen (secondary N) is 1. The minimum absolute atomic E-state index is 0.0787. The average molecular weight is 390 g/mol. The average Bonchev–Trinajstić information content (AvgIpc) is 2.88. The molecule has 8 heteroatoms. The molecule has 0 fully saturated rings. The Balaban J connectivity index is 2.05. The second-order valence-corrected chi connectivity index (χ2v) is 6.10. The van der Waals surface area contributed by atoms with E-state index in [1.807, 2.05) is 0 Å². The monoisotopic (exact) mass is 388 g/mol. The number of hydrogen-bond acceptors (Lipinski definition) is 5. The second-order valence-electron chi connectivity index (χ2n) is 3.98. The predicted molar refractivity (Wildman–Crippen MR) is 84.9 cm³/mol. The van der Waals surface area contributed by atoms with Crippen molar-refractivity contribution >= 4 is 55.9 Å². The van der Waals surface area contributed by atoms with Gasteiger partial charge in [-0.2, -0.15) is 0 Å². The summed E-state index contributed by atoms with van der Waals surface area (Å²) in [6.07, 6.45) is 0.0787. The van der Waals surface area contributed by atoms with Crippen LogP contribution in [-0.4, -0.2) is 24.0 Å². The molecule has 1 N–H and O–H groups in total. The van der Waals surface area contributed by atoms with Crippen LogP contribution in [0.4, 0.5) is 5.13 Å². The molecule has 0 saturated heterocycles. The van der Waals surface area contributed by atoms with E-state index in [-0.39, 0.29) is 18.3 Å². The summed E-state index contributed by atoms with van der Waals surface area (Å²) in [6.45, 7) is 0. The molecule has 1 aromatic heterocycles. The summed E-state index contributed by atoms with van der Waals surface area (Å²) in [7, 11) is 1.32. The maximum atomic E-state index is 12.1. The maximum Gasteiger partial charge on any atom is 0.311 e. The Morgan fingerprint density at radius 3 is 2.90 bits per heavy atom. The first-order valence-corrected chi connectivity index (χ1v) is 7.82. The third-order valence-corrected chi connectivity index (χ3v) is 4.53. The summed E-state index contributed by atoms with van der Waals surface area (Å²) >= 11 is 10.4. The van der Waals surface area contributed by atoms with Gasteiger partial charge < -0.3 is 4.74 Å². The summed E-state index contributed by atoms with van der Waals surface area (Å²) in [6, 6.07) is 4.87. The van der Waals surface area contributed by atoms with Crippen molar-refractivity contribution in [1.82, 2.24) is 4.98 Å². The van der Waals surface area contributed by atoms with Crippen LogP contribution >= 0.6 is 38.9 Å². The lowest BCUT2D eigenvalue weighted by Crippen LogP contribution is -2.12. The standard InChI is InChI=1S/C13H10BrClN2O3S/c1-20-11(18)5-8-6-21-13(16-8)17-12(19)7-2-3-10(15)9(14)4-7/h2-4,6H,5H2,1H3,(H,16,17,19). The fourth-order valence-electron chi connectivity index (χ4n) is 1.47. The summed E-state index contributed by atoms with van der Waals surface area (Å²) < 4.78 is 5.20. The molecule has 0 saturated carbocycles. The third-order valence-electron chi connectivity index (χ3n) is 2.51. The van der Waals surface area contributed by atoms with Gasteiger partial charge in [-0.25, -0.2) is 4.98 Å². The zero-order valence-corrected chi connectivity index (χ0v) is 14.0. The molecule has 1 amide bonds. The van der Waals surface area contributed by atoms with Crippen molar-refractivity contribution in [1.29, 1.82) is 0 Å². The zero-order valence-electron chi connectivity index (χ0n) is 10.9. The molecule has 0 bridgehead atoms. The first-order chi connectivity index (χ1) is 9.99. The Bertz CT molecular complexity index is 690. The molecular formula is C13H10BrClN2O3S. The van der Waals surface area contributed by atoms with Gasteiger partial charge >= 0.3 is 5.97 Å². The van der Waals surface area contributed by atoms with Gasteiger partial charge in [-0.1, -0.05) is 11.6 Å². The van der Waals surface area contributed by atoms with Crippen LogP contribution in [-0.2, 0) is 16.0 Å². The molecule has 0 aliphatic heterocycles. The number of methoxy groups -OCH3 is 1. The Morgan fingerprint density at radius 1 is 1.48 bits per heavy atom. The highest BCUT2D eigenvalue weighted by atomic mass is 79.9. The minimum Gasteiger partial charge on any atom is -0.469 e. The summed E-state index contributed by atoms with van der Waals surface area (Å²) in [4.78, 5) is 27.4. The molecule has 21 heavy (non-hydrogen) atoms. The number of halogens is 2. The first-order valence-electron chi connectivity index (χ1n) is 5.77. The zero-order chi connectivity index (χ0) is 15.4. The molecule has 0 aliphatic carbocycles. The molecule has 0 atom stereocenters. The number of anilines is 1. The van der Waals surface area contributed by atoms with Gasteiger partial charge in [0.1, 0.15) is 0 Å². The number of carbonyl (C=O) groups excluding carboxylic acids is 2. The van der Waals surface area contributed by atoms with E-state index in [1.165, 1.54) is 18.4 Å². The lowest BCUT2D eigenvalue weighted by atomic mass is 10.2. The minimum atomic E-state index is -0.375. The van der Waals surface area contributed by atoms with E-state index in [4.69, 9.17) is 11.6 Å². The summed E-state index contributed by atoms with van der Waals surface area (Å²) in [5.41, 5.74) is 1.01. The third kappa shape index (κ3) is 4.26. The van der Waals surface area contributed by atoms with Crippen molar-refractivity contribution in [3.63, 3.8) is 0 Å². The van der Waals surface area contributed by atoms with Crippen LogP contribution in [0.2, 0.25) is 5.02 Å². The molecule has 0 unspecified atom stereocenters. The molecule has 0 spiro atoms. The van der Waals surface area contributed by atoms with Crippen LogP contribution in [0.15, 0.2) is 28.1 Å². The Hall–Kier alpha value is -1.44. The quantitative estimate of drug-likeness (QED) is 0.812. The van der Waals surface area contributed by atoms with Crippen molar-refractivity contribution in [2.75, 3.05) is 12.4 Å². The van der Waals surface area contributed by atoms with Gasteiger partial charge in [0.05, 0.1) is 24.2 Å². The number of rotatable bonds is 4. The Labute approximate surface area is 138 Å². The molecule has 5 nitrogen and oxygen atoms in total. The second kappa shape index (κ2) is 7.02. The summed E-state index contributed by atoms with van der Waals surface area (Å²) in [5, 5.41) is 5.32. The molecule has 1 aromatic carbocycles. The van der Waals surface area contributed by atoms with E-state index in [0.717, 1.165) is 0 Å². The number of hydrogen-bond donors (Lipinski definition) is 1. The fraction of sp³-hybridized carbons (Fsp3) is 0.154. The first kappa shape index (κ1) is 15.9. The maximum absolute atomic E-state index is 12.1. The number of benzene rings is 1. The molecule has 0 aliphatic rings. The van der Waals surface area contributed by atoms with Gasteiger partial charge in [-0.3, -0.25) is 14.9 Å².